The lowest BCUT2D eigenvalue weighted by molar-refractivity contribution is 0.487. The van der Waals surface area contributed by atoms with Crippen molar-refractivity contribution in [1.82, 2.24) is 4.98 Å². The van der Waals surface area contributed by atoms with Gasteiger partial charge in [0.1, 0.15) is 0 Å². The standard InChI is InChI=1S/C13H18BrN/c1-9-4-3-7-15-13(9)8-12(14)10(2)11-5-6-11/h3-4,7,10-12H,5-6,8H2,1-2H3. The van der Waals surface area contributed by atoms with Gasteiger partial charge in [-0.15, -0.1) is 0 Å². The fourth-order valence-electron chi connectivity index (χ4n) is 2.02. The molecule has 1 aromatic rings. The molecule has 0 saturated heterocycles. The first-order valence-electron chi connectivity index (χ1n) is 5.73. The molecule has 15 heavy (non-hydrogen) atoms. The van der Waals surface area contributed by atoms with E-state index in [2.05, 4.69) is 40.8 Å². The largest absolute Gasteiger partial charge is 0.261 e. The topological polar surface area (TPSA) is 12.9 Å². The fraction of sp³-hybridized carbons (Fsp3) is 0.615. The van der Waals surface area contributed by atoms with E-state index in [1.807, 2.05) is 12.3 Å². The van der Waals surface area contributed by atoms with Crippen LogP contribution in [0.3, 0.4) is 0 Å². The number of aromatic nitrogens is 1. The van der Waals surface area contributed by atoms with Gasteiger partial charge in [-0.25, -0.2) is 0 Å². The molecule has 1 nitrogen and oxygen atoms in total. The molecule has 1 aromatic heterocycles. The van der Waals surface area contributed by atoms with Gasteiger partial charge in [0.15, 0.2) is 0 Å². The van der Waals surface area contributed by atoms with Gasteiger partial charge in [-0.3, -0.25) is 4.98 Å². The predicted molar refractivity (Wildman–Crippen MR) is 67.3 cm³/mol. The minimum absolute atomic E-state index is 0.582. The highest BCUT2D eigenvalue weighted by molar-refractivity contribution is 9.09. The maximum Gasteiger partial charge on any atom is 0.0443 e. The SMILES string of the molecule is Cc1cccnc1CC(Br)C(C)C1CC1. The summed E-state index contributed by atoms with van der Waals surface area (Å²) in [6.45, 7) is 4.50. The Balaban J connectivity index is 1.98. The van der Waals surface area contributed by atoms with Crippen molar-refractivity contribution in [3.63, 3.8) is 0 Å². The number of halogens is 1. The number of hydrogen-bond donors (Lipinski definition) is 0. The molecule has 0 bridgehead atoms. The number of rotatable bonds is 4. The summed E-state index contributed by atoms with van der Waals surface area (Å²) in [5, 5.41) is 0. The van der Waals surface area contributed by atoms with Crippen LogP contribution in [0.4, 0.5) is 0 Å². The molecular weight excluding hydrogens is 250 g/mol. The third-order valence-electron chi connectivity index (χ3n) is 3.44. The van der Waals surface area contributed by atoms with E-state index in [4.69, 9.17) is 0 Å². The molecule has 1 aliphatic rings. The molecule has 1 heterocycles. The highest BCUT2D eigenvalue weighted by Gasteiger charge is 2.32. The molecule has 0 aliphatic heterocycles. The molecule has 1 saturated carbocycles. The number of alkyl halides is 1. The van der Waals surface area contributed by atoms with Crippen LogP contribution in [0.5, 0.6) is 0 Å². The molecule has 2 rings (SSSR count). The van der Waals surface area contributed by atoms with Gasteiger partial charge < -0.3 is 0 Å². The highest BCUT2D eigenvalue weighted by Crippen LogP contribution is 2.40. The smallest absolute Gasteiger partial charge is 0.0443 e. The molecule has 1 aliphatic carbocycles. The van der Waals surface area contributed by atoms with Crippen molar-refractivity contribution in [2.75, 3.05) is 0 Å². The van der Waals surface area contributed by atoms with Gasteiger partial charge in [0.25, 0.3) is 0 Å². The summed E-state index contributed by atoms with van der Waals surface area (Å²) in [6.07, 6.45) is 5.79. The van der Waals surface area contributed by atoms with Crippen molar-refractivity contribution in [2.45, 2.75) is 37.9 Å². The van der Waals surface area contributed by atoms with Crippen LogP contribution in [0.2, 0.25) is 0 Å². The maximum atomic E-state index is 4.45. The molecule has 0 spiro atoms. The zero-order valence-electron chi connectivity index (χ0n) is 9.41. The molecule has 0 amide bonds. The second kappa shape index (κ2) is 4.65. The summed E-state index contributed by atoms with van der Waals surface area (Å²) in [4.78, 5) is 5.03. The summed E-state index contributed by atoms with van der Waals surface area (Å²) in [5.74, 6) is 1.74. The summed E-state index contributed by atoms with van der Waals surface area (Å²) in [7, 11) is 0. The van der Waals surface area contributed by atoms with E-state index in [0.29, 0.717) is 4.83 Å². The van der Waals surface area contributed by atoms with Gasteiger partial charge in [0.2, 0.25) is 0 Å². The van der Waals surface area contributed by atoms with Crippen molar-refractivity contribution >= 4 is 15.9 Å². The molecular formula is C13H18BrN. The van der Waals surface area contributed by atoms with Crippen molar-refractivity contribution in [2.24, 2.45) is 11.8 Å². The van der Waals surface area contributed by atoms with E-state index in [-0.39, 0.29) is 0 Å². The molecule has 0 radical (unpaired) electrons. The number of hydrogen-bond acceptors (Lipinski definition) is 1. The summed E-state index contributed by atoms with van der Waals surface area (Å²) in [5.41, 5.74) is 2.55. The number of nitrogens with zero attached hydrogens (tertiary/aromatic N) is 1. The van der Waals surface area contributed by atoms with Gasteiger partial charge in [-0.2, -0.15) is 0 Å². The first-order valence-corrected chi connectivity index (χ1v) is 6.64. The molecule has 0 aromatic carbocycles. The highest BCUT2D eigenvalue weighted by atomic mass is 79.9. The Labute approximate surface area is 100 Å². The van der Waals surface area contributed by atoms with Crippen LogP contribution in [0.25, 0.3) is 0 Å². The normalized spacial score (nSPS) is 19.9. The van der Waals surface area contributed by atoms with Gasteiger partial charge in [0, 0.05) is 23.1 Å². The van der Waals surface area contributed by atoms with Crippen molar-refractivity contribution in [3.05, 3.63) is 29.6 Å². The average Bonchev–Trinajstić information content (AvgIpc) is 3.04. The number of pyridine rings is 1. The quantitative estimate of drug-likeness (QED) is 0.758. The lowest BCUT2D eigenvalue weighted by Crippen LogP contribution is -2.17. The maximum absolute atomic E-state index is 4.45. The van der Waals surface area contributed by atoms with Gasteiger partial charge in [-0.1, -0.05) is 28.9 Å². The molecule has 0 N–H and O–H groups in total. The van der Waals surface area contributed by atoms with Crippen LogP contribution >= 0.6 is 15.9 Å². The third kappa shape index (κ3) is 2.81. The van der Waals surface area contributed by atoms with E-state index < -0.39 is 0 Å². The minimum Gasteiger partial charge on any atom is -0.261 e. The Morgan fingerprint density at radius 2 is 2.27 bits per heavy atom. The Hall–Kier alpha value is -0.370. The summed E-state index contributed by atoms with van der Waals surface area (Å²) < 4.78 is 0. The Kier molecular flexibility index (Phi) is 3.45. The predicted octanol–water partition coefficient (Wildman–Crippen LogP) is 3.74. The second-order valence-corrected chi connectivity index (χ2v) is 5.86. The Morgan fingerprint density at radius 3 is 2.87 bits per heavy atom. The average molecular weight is 268 g/mol. The second-order valence-electron chi connectivity index (χ2n) is 4.68. The van der Waals surface area contributed by atoms with Crippen molar-refractivity contribution in [3.8, 4) is 0 Å². The molecule has 1 fully saturated rings. The van der Waals surface area contributed by atoms with Crippen LogP contribution in [-0.4, -0.2) is 9.81 Å². The first-order chi connectivity index (χ1) is 7.18. The van der Waals surface area contributed by atoms with Gasteiger partial charge >= 0.3 is 0 Å². The van der Waals surface area contributed by atoms with E-state index in [1.165, 1.54) is 24.1 Å². The van der Waals surface area contributed by atoms with E-state index in [0.717, 1.165) is 18.3 Å². The molecule has 82 valence electrons. The van der Waals surface area contributed by atoms with E-state index in [1.54, 1.807) is 0 Å². The lowest BCUT2D eigenvalue weighted by Gasteiger charge is -2.18. The van der Waals surface area contributed by atoms with Crippen LogP contribution in [-0.2, 0) is 6.42 Å². The van der Waals surface area contributed by atoms with Crippen LogP contribution in [0.1, 0.15) is 31.0 Å². The first kappa shape index (κ1) is 11.1. The Morgan fingerprint density at radius 1 is 1.53 bits per heavy atom. The van der Waals surface area contributed by atoms with Crippen LogP contribution in [0.15, 0.2) is 18.3 Å². The zero-order chi connectivity index (χ0) is 10.8. The molecule has 2 unspecified atom stereocenters. The monoisotopic (exact) mass is 267 g/mol. The summed E-state index contributed by atoms with van der Waals surface area (Å²) >= 11 is 3.81. The van der Waals surface area contributed by atoms with E-state index >= 15 is 0 Å². The number of aryl methyl sites for hydroxylation is 1. The Bertz CT molecular complexity index is 333. The third-order valence-corrected chi connectivity index (χ3v) is 4.60. The van der Waals surface area contributed by atoms with Crippen molar-refractivity contribution in [1.29, 1.82) is 0 Å². The van der Waals surface area contributed by atoms with Crippen LogP contribution < -0.4 is 0 Å². The molecule has 2 atom stereocenters. The fourth-order valence-corrected chi connectivity index (χ4v) is 2.76. The summed E-state index contributed by atoms with van der Waals surface area (Å²) in [6, 6.07) is 4.15. The van der Waals surface area contributed by atoms with E-state index in [9.17, 15) is 0 Å². The van der Waals surface area contributed by atoms with Gasteiger partial charge in [-0.05, 0) is 43.2 Å². The lowest BCUT2D eigenvalue weighted by atomic mass is 9.97. The van der Waals surface area contributed by atoms with Gasteiger partial charge in [0.05, 0.1) is 0 Å². The van der Waals surface area contributed by atoms with Crippen molar-refractivity contribution < 1.29 is 0 Å². The van der Waals surface area contributed by atoms with Crippen LogP contribution in [0, 0.1) is 18.8 Å². The minimum atomic E-state index is 0.582. The molecule has 2 heteroatoms. The zero-order valence-corrected chi connectivity index (χ0v) is 11.0.